The Morgan fingerprint density at radius 3 is 2.61 bits per heavy atom. The number of amidine groups is 1. The van der Waals surface area contributed by atoms with Crippen LogP contribution in [0, 0.1) is 6.92 Å². The minimum absolute atomic E-state index is 0.0892. The number of nitrogens with one attached hydrogen (secondary N) is 1. The number of carbonyl (C=O) groups is 1. The zero-order chi connectivity index (χ0) is 20.5. The van der Waals surface area contributed by atoms with Crippen LogP contribution >= 0.6 is 0 Å². The molecule has 1 aliphatic heterocycles. The van der Waals surface area contributed by atoms with Crippen LogP contribution in [-0.4, -0.2) is 29.6 Å². The second kappa shape index (κ2) is 7.27. The summed E-state index contributed by atoms with van der Waals surface area (Å²) in [6.45, 7) is 3.49. The summed E-state index contributed by atoms with van der Waals surface area (Å²) in [5, 5.41) is 4.09. The van der Waals surface area contributed by atoms with E-state index in [1.54, 1.807) is 20.0 Å². The van der Waals surface area contributed by atoms with Crippen molar-refractivity contribution >= 4 is 17.4 Å². The molecule has 0 radical (unpaired) electrons. The predicted octanol–water partition coefficient (Wildman–Crippen LogP) is 4.38. The molecular weight excluding hydrogens is 371 g/mol. The number of alkyl halides is 3. The molecule has 1 unspecified atom stereocenters. The van der Waals surface area contributed by atoms with Crippen LogP contribution in [0.3, 0.4) is 0 Å². The molecule has 1 N–H and O–H groups in total. The van der Waals surface area contributed by atoms with Crippen LogP contribution in [0.1, 0.15) is 30.0 Å². The molecule has 2 aromatic rings. The molecular formula is C20H20F3N3O2. The molecule has 1 atom stereocenters. The fraction of sp³-hybridized carbons (Fsp3) is 0.300. The second-order valence-corrected chi connectivity index (χ2v) is 6.82. The van der Waals surface area contributed by atoms with Crippen molar-refractivity contribution < 1.29 is 22.8 Å². The fourth-order valence-electron chi connectivity index (χ4n) is 3.01. The van der Waals surface area contributed by atoms with E-state index in [4.69, 9.17) is 4.84 Å². The quantitative estimate of drug-likeness (QED) is 0.842. The lowest BCUT2D eigenvalue weighted by Gasteiger charge is -2.21. The third kappa shape index (κ3) is 4.33. The first kappa shape index (κ1) is 19.9. The van der Waals surface area contributed by atoms with E-state index in [1.807, 2.05) is 25.1 Å². The van der Waals surface area contributed by atoms with Gasteiger partial charge in [-0.25, -0.2) is 14.9 Å². The molecule has 148 valence electrons. The van der Waals surface area contributed by atoms with Gasteiger partial charge in [0.2, 0.25) is 5.91 Å². The van der Waals surface area contributed by atoms with Crippen LogP contribution in [0.2, 0.25) is 0 Å². The number of halogens is 3. The maximum Gasteiger partial charge on any atom is 0.416 e. The van der Waals surface area contributed by atoms with E-state index in [9.17, 15) is 18.0 Å². The molecule has 5 nitrogen and oxygen atoms in total. The summed E-state index contributed by atoms with van der Waals surface area (Å²) >= 11 is 0. The number of hydrogen-bond acceptors (Lipinski definition) is 4. The summed E-state index contributed by atoms with van der Waals surface area (Å²) in [6, 6.07) is 12.2. The van der Waals surface area contributed by atoms with Crippen molar-refractivity contribution in [3.63, 3.8) is 0 Å². The first-order valence-corrected chi connectivity index (χ1v) is 8.63. The molecule has 1 heterocycles. The number of rotatable bonds is 4. The summed E-state index contributed by atoms with van der Waals surface area (Å²) in [4.78, 5) is 22.5. The van der Waals surface area contributed by atoms with Gasteiger partial charge >= 0.3 is 6.18 Å². The van der Waals surface area contributed by atoms with Crippen LogP contribution in [0.25, 0.3) is 0 Å². The molecule has 1 aliphatic rings. The lowest BCUT2D eigenvalue weighted by Crippen LogP contribution is -2.32. The molecule has 0 aromatic heterocycles. The number of carbonyl (C=O) groups excluding carboxylic acids is 1. The topological polar surface area (TPSA) is 53.9 Å². The number of hydroxylamine groups is 2. The highest BCUT2D eigenvalue weighted by Crippen LogP contribution is 2.32. The van der Waals surface area contributed by atoms with E-state index in [0.29, 0.717) is 5.69 Å². The molecule has 2 aromatic carbocycles. The van der Waals surface area contributed by atoms with Crippen LogP contribution in [0.15, 0.2) is 53.5 Å². The van der Waals surface area contributed by atoms with Crippen molar-refractivity contribution in [2.45, 2.75) is 32.2 Å². The van der Waals surface area contributed by atoms with Crippen molar-refractivity contribution in [2.75, 3.05) is 12.4 Å². The highest BCUT2D eigenvalue weighted by Gasteiger charge is 2.38. The number of para-hydroxylation sites is 1. The van der Waals surface area contributed by atoms with Gasteiger partial charge in [-0.3, -0.25) is 4.79 Å². The lowest BCUT2D eigenvalue weighted by atomic mass is 10.1. The molecule has 0 aliphatic carbocycles. The third-order valence-electron chi connectivity index (χ3n) is 4.33. The Morgan fingerprint density at radius 2 is 1.93 bits per heavy atom. The minimum atomic E-state index is -4.45. The number of aliphatic imine (C=N–C) groups is 1. The Hall–Kier alpha value is -2.87. The van der Waals surface area contributed by atoms with E-state index in [1.165, 1.54) is 17.2 Å². The minimum Gasteiger partial charge on any atom is -0.326 e. The number of anilines is 1. The Kier molecular flexibility index (Phi) is 5.16. The Labute approximate surface area is 160 Å². The summed E-state index contributed by atoms with van der Waals surface area (Å²) < 4.78 is 38.9. The van der Waals surface area contributed by atoms with Gasteiger partial charge in [-0.2, -0.15) is 13.2 Å². The maximum absolute atomic E-state index is 13.0. The summed E-state index contributed by atoms with van der Waals surface area (Å²) in [5.41, 5.74) is -0.124. The molecule has 1 amide bonds. The van der Waals surface area contributed by atoms with Gasteiger partial charge in [-0.05, 0) is 37.6 Å². The summed E-state index contributed by atoms with van der Waals surface area (Å²) in [7, 11) is 1.55. The standard InChI is InChI=1S/C20H20F3N3O2/c1-13-7-4-5-10-16(13)24-17(27)12-19(2)25-18(26(3)28-19)14-8-6-9-15(11-14)20(21,22)23/h4-11H,12H2,1-3H3,(H,24,27). The zero-order valence-corrected chi connectivity index (χ0v) is 15.7. The molecule has 0 fully saturated rings. The average Bonchev–Trinajstić information content (AvgIpc) is 2.90. The SMILES string of the molecule is Cc1ccccc1NC(=O)CC1(C)N=C(c2cccc(C(F)(F)F)c2)N(C)O1. The van der Waals surface area contributed by atoms with E-state index < -0.39 is 17.5 Å². The van der Waals surface area contributed by atoms with Crippen molar-refractivity contribution in [2.24, 2.45) is 4.99 Å². The van der Waals surface area contributed by atoms with Gasteiger partial charge in [0.1, 0.15) is 0 Å². The van der Waals surface area contributed by atoms with Gasteiger partial charge in [-0.1, -0.05) is 30.3 Å². The van der Waals surface area contributed by atoms with Gasteiger partial charge in [0.15, 0.2) is 11.6 Å². The van der Waals surface area contributed by atoms with Gasteiger partial charge in [0.25, 0.3) is 0 Å². The Bertz CT molecular complexity index is 927. The van der Waals surface area contributed by atoms with Crippen molar-refractivity contribution in [1.29, 1.82) is 0 Å². The second-order valence-electron chi connectivity index (χ2n) is 6.82. The van der Waals surface area contributed by atoms with E-state index in [0.717, 1.165) is 17.7 Å². The van der Waals surface area contributed by atoms with Crippen LogP contribution < -0.4 is 5.32 Å². The number of amides is 1. The largest absolute Gasteiger partial charge is 0.416 e. The number of aryl methyl sites for hydroxylation is 1. The van der Waals surface area contributed by atoms with Gasteiger partial charge in [0, 0.05) is 18.3 Å². The fourth-order valence-corrected chi connectivity index (χ4v) is 3.01. The van der Waals surface area contributed by atoms with Gasteiger partial charge in [0.05, 0.1) is 12.0 Å². The van der Waals surface area contributed by atoms with Crippen molar-refractivity contribution in [1.82, 2.24) is 5.06 Å². The average molecular weight is 391 g/mol. The van der Waals surface area contributed by atoms with Crippen LogP contribution in [0.4, 0.5) is 18.9 Å². The van der Waals surface area contributed by atoms with Crippen molar-refractivity contribution in [3.8, 4) is 0 Å². The van der Waals surface area contributed by atoms with E-state index in [2.05, 4.69) is 10.3 Å². The van der Waals surface area contributed by atoms with Crippen molar-refractivity contribution in [3.05, 3.63) is 65.2 Å². The number of hydrogen-bond donors (Lipinski definition) is 1. The number of nitrogens with zero attached hydrogens (tertiary/aromatic N) is 2. The Morgan fingerprint density at radius 1 is 1.21 bits per heavy atom. The van der Waals surface area contributed by atoms with Crippen LogP contribution in [0.5, 0.6) is 0 Å². The smallest absolute Gasteiger partial charge is 0.326 e. The first-order valence-electron chi connectivity index (χ1n) is 8.63. The summed E-state index contributed by atoms with van der Waals surface area (Å²) in [5.74, 6) is -0.0727. The van der Waals surface area contributed by atoms with E-state index >= 15 is 0 Å². The maximum atomic E-state index is 13.0. The first-order chi connectivity index (χ1) is 13.1. The molecule has 0 saturated carbocycles. The predicted molar refractivity (Wildman–Crippen MR) is 99.7 cm³/mol. The number of benzene rings is 2. The summed E-state index contributed by atoms with van der Waals surface area (Å²) in [6.07, 6.45) is -4.54. The monoisotopic (exact) mass is 391 g/mol. The van der Waals surface area contributed by atoms with Gasteiger partial charge in [-0.15, -0.1) is 0 Å². The highest BCUT2D eigenvalue weighted by molar-refractivity contribution is 6.00. The van der Waals surface area contributed by atoms with Crippen LogP contribution in [-0.2, 0) is 15.8 Å². The molecule has 0 bridgehead atoms. The van der Waals surface area contributed by atoms with Gasteiger partial charge < -0.3 is 5.32 Å². The lowest BCUT2D eigenvalue weighted by molar-refractivity contribution is -0.164. The van der Waals surface area contributed by atoms with E-state index in [-0.39, 0.29) is 23.7 Å². The zero-order valence-electron chi connectivity index (χ0n) is 15.7. The molecule has 8 heteroatoms. The Balaban J connectivity index is 1.79. The highest BCUT2D eigenvalue weighted by atomic mass is 19.4. The molecule has 3 rings (SSSR count). The molecule has 0 spiro atoms. The normalized spacial score (nSPS) is 19.5. The molecule has 28 heavy (non-hydrogen) atoms. The third-order valence-corrected chi connectivity index (χ3v) is 4.33. The molecule has 0 saturated heterocycles.